The smallest absolute Gasteiger partial charge is 0.259 e. The van der Waals surface area contributed by atoms with Gasteiger partial charge in [-0.1, -0.05) is 30.7 Å². The summed E-state index contributed by atoms with van der Waals surface area (Å²) in [5, 5.41) is 3.54. The van der Waals surface area contributed by atoms with Crippen LogP contribution in [0.4, 0.5) is 11.4 Å². The SMILES string of the molecule is CCCC(=O)N1CCN(c2ccc(Cl)cc2NC(=O)c2cccc(C)c2OC)CC1. The number of para-hydroxylation sites is 1. The summed E-state index contributed by atoms with van der Waals surface area (Å²) in [6, 6.07) is 11.0. The van der Waals surface area contributed by atoms with E-state index in [0.29, 0.717) is 54.6 Å². The number of carbonyl (C=O) groups excluding carboxylic acids is 2. The van der Waals surface area contributed by atoms with Gasteiger partial charge in [0.15, 0.2) is 0 Å². The number of hydrogen-bond acceptors (Lipinski definition) is 4. The van der Waals surface area contributed by atoms with Crippen LogP contribution in [-0.4, -0.2) is 50.0 Å². The fraction of sp³-hybridized carbons (Fsp3) is 0.391. The van der Waals surface area contributed by atoms with Crippen molar-refractivity contribution in [1.82, 2.24) is 4.90 Å². The third-order valence-corrected chi connectivity index (χ3v) is 5.54. The van der Waals surface area contributed by atoms with Gasteiger partial charge < -0.3 is 19.9 Å². The number of nitrogens with zero attached hydrogens (tertiary/aromatic N) is 2. The van der Waals surface area contributed by atoms with Gasteiger partial charge in [0, 0.05) is 37.6 Å². The average Bonchev–Trinajstić information content (AvgIpc) is 2.74. The molecule has 0 radical (unpaired) electrons. The third-order valence-electron chi connectivity index (χ3n) is 5.30. The van der Waals surface area contributed by atoms with Crippen LogP contribution in [0.3, 0.4) is 0 Å². The summed E-state index contributed by atoms with van der Waals surface area (Å²) in [6.45, 7) is 6.66. The number of methoxy groups -OCH3 is 1. The lowest BCUT2D eigenvalue weighted by Gasteiger charge is -2.37. The topological polar surface area (TPSA) is 61.9 Å². The molecule has 0 bridgehead atoms. The largest absolute Gasteiger partial charge is 0.496 e. The number of halogens is 1. The predicted octanol–water partition coefficient (Wildman–Crippen LogP) is 4.36. The molecule has 1 fully saturated rings. The number of benzene rings is 2. The van der Waals surface area contributed by atoms with Crippen molar-refractivity contribution in [2.45, 2.75) is 26.7 Å². The highest BCUT2D eigenvalue weighted by Gasteiger charge is 2.23. The van der Waals surface area contributed by atoms with Crippen molar-refractivity contribution in [3.63, 3.8) is 0 Å². The van der Waals surface area contributed by atoms with E-state index >= 15 is 0 Å². The Morgan fingerprint density at radius 3 is 2.53 bits per heavy atom. The molecular weight excluding hydrogens is 402 g/mol. The Labute approximate surface area is 182 Å². The molecule has 0 aromatic heterocycles. The lowest BCUT2D eigenvalue weighted by atomic mass is 10.1. The highest BCUT2D eigenvalue weighted by Crippen LogP contribution is 2.32. The molecule has 30 heavy (non-hydrogen) atoms. The lowest BCUT2D eigenvalue weighted by molar-refractivity contribution is -0.131. The van der Waals surface area contributed by atoms with Crippen molar-refractivity contribution in [3.8, 4) is 5.75 Å². The van der Waals surface area contributed by atoms with Crippen LogP contribution < -0.4 is 15.0 Å². The first-order valence-electron chi connectivity index (χ1n) is 10.2. The summed E-state index contributed by atoms with van der Waals surface area (Å²) in [4.78, 5) is 29.2. The number of amides is 2. The number of piperazine rings is 1. The molecule has 2 amide bonds. The molecule has 1 heterocycles. The van der Waals surface area contributed by atoms with E-state index in [9.17, 15) is 9.59 Å². The molecule has 0 spiro atoms. The van der Waals surface area contributed by atoms with Crippen LogP contribution in [0.1, 0.15) is 35.7 Å². The normalized spacial score (nSPS) is 13.9. The Balaban J connectivity index is 1.79. The van der Waals surface area contributed by atoms with Gasteiger partial charge in [-0.15, -0.1) is 0 Å². The maximum atomic E-state index is 13.0. The van der Waals surface area contributed by atoms with Gasteiger partial charge in [-0.05, 0) is 43.2 Å². The first-order valence-corrected chi connectivity index (χ1v) is 10.6. The molecule has 1 aliphatic rings. The molecule has 1 aliphatic heterocycles. The van der Waals surface area contributed by atoms with Crippen LogP contribution in [0.25, 0.3) is 0 Å². The Hall–Kier alpha value is -2.73. The van der Waals surface area contributed by atoms with Gasteiger partial charge >= 0.3 is 0 Å². The van der Waals surface area contributed by atoms with E-state index in [1.807, 2.05) is 43.0 Å². The molecule has 2 aromatic carbocycles. The molecule has 0 saturated carbocycles. The molecule has 0 unspecified atom stereocenters. The van der Waals surface area contributed by atoms with E-state index in [1.54, 1.807) is 19.2 Å². The summed E-state index contributed by atoms with van der Waals surface area (Å²) in [6.07, 6.45) is 1.44. The van der Waals surface area contributed by atoms with Crippen LogP contribution in [0.2, 0.25) is 5.02 Å². The second-order valence-electron chi connectivity index (χ2n) is 7.39. The Bertz CT molecular complexity index is 924. The van der Waals surface area contributed by atoms with Crippen molar-refractivity contribution in [3.05, 3.63) is 52.5 Å². The molecule has 1 N–H and O–H groups in total. The Morgan fingerprint density at radius 2 is 1.87 bits per heavy atom. The standard InChI is InChI=1S/C23H28ClN3O3/c1-4-6-21(28)27-13-11-26(12-14-27)20-10-9-17(24)15-19(20)25-23(29)18-8-5-7-16(2)22(18)30-3/h5,7-10,15H,4,6,11-14H2,1-3H3,(H,25,29). The van der Waals surface area contributed by atoms with Crippen LogP contribution in [-0.2, 0) is 4.79 Å². The number of anilines is 2. The zero-order chi connectivity index (χ0) is 21.7. The van der Waals surface area contributed by atoms with Crippen molar-refractivity contribution >= 4 is 34.8 Å². The summed E-state index contributed by atoms with van der Waals surface area (Å²) in [7, 11) is 1.56. The van der Waals surface area contributed by atoms with Crippen molar-refractivity contribution < 1.29 is 14.3 Å². The van der Waals surface area contributed by atoms with Gasteiger partial charge in [0.1, 0.15) is 5.75 Å². The number of ether oxygens (including phenoxy) is 1. The second-order valence-corrected chi connectivity index (χ2v) is 7.83. The molecule has 3 rings (SSSR count). The molecule has 2 aromatic rings. The van der Waals surface area contributed by atoms with Crippen molar-refractivity contribution in [2.75, 3.05) is 43.5 Å². The molecule has 0 atom stereocenters. The van der Waals surface area contributed by atoms with Gasteiger partial charge in [-0.25, -0.2) is 0 Å². The van der Waals surface area contributed by atoms with Crippen molar-refractivity contribution in [2.24, 2.45) is 0 Å². The van der Waals surface area contributed by atoms with E-state index in [4.69, 9.17) is 16.3 Å². The zero-order valence-electron chi connectivity index (χ0n) is 17.7. The highest BCUT2D eigenvalue weighted by molar-refractivity contribution is 6.31. The maximum absolute atomic E-state index is 13.0. The van der Waals surface area contributed by atoms with E-state index in [0.717, 1.165) is 17.7 Å². The fourth-order valence-electron chi connectivity index (χ4n) is 3.74. The molecule has 7 heteroatoms. The van der Waals surface area contributed by atoms with Gasteiger partial charge in [-0.3, -0.25) is 9.59 Å². The summed E-state index contributed by atoms with van der Waals surface area (Å²) >= 11 is 6.22. The van der Waals surface area contributed by atoms with E-state index < -0.39 is 0 Å². The predicted molar refractivity (Wildman–Crippen MR) is 121 cm³/mol. The van der Waals surface area contributed by atoms with Gasteiger partial charge in [0.25, 0.3) is 5.91 Å². The molecular formula is C23H28ClN3O3. The quantitative estimate of drug-likeness (QED) is 0.741. The minimum atomic E-state index is -0.254. The summed E-state index contributed by atoms with van der Waals surface area (Å²) in [5.74, 6) is 0.505. The van der Waals surface area contributed by atoms with Crippen LogP contribution in [0.15, 0.2) is 36.4 Å². The summed E-state index contributed by atoms with van der Waals surface area (Å²) in [5.41, 5.74) is 2.90. The van der Waals surface area contributed by atoms with E-state index in [2.05, 4.69) is 10.2 Å². The van der Waals surface area contributed by atoms with Crippen LogP contribution in [0.5, 0.6) is 5.75 Å². The number of hydrogen-bond donors (Lipinski definition) is 1. The molecule has 0 aliphatic carbocycles. The maximum Gasteiger partial charge on any atom is 0.259 e. The van der Waals surface area contributed by atoms with Gasteiger partial charge in [-0.2, -0.15) is 0 Å². The third kappa shape index (κ3) is 4.87. The first kappa shape index (κ1) is 22.0. The van der Waals surface area contributed by atoms with Crippen molar-refractivity contribution in [1.29, 1.82) is 0 Å². The molecule has 6 nitrogen and oxygen atoms in total. The highest BCUT2D eigenvalue weighted by atomic mass is 35.5. The lowest BCUT2D eigenvalue weighted by Crippen LogP contribution is -2.48. The average molecular weight is 430 g/mol. The minimum Gasteiger partial charge on any atom is -0.496 e. The molecule has 1 saturated heterocycles. The number of nitrogens with one attached hydrogen (secondary N) is 1. The van der Waals surface area contributed by atoms with Gasteiger partial charge in [0.2, 0.25) is 5.91 Å². The monoisotopic (exact) mass is 429 g/mol. The molecule has 160 valence electrons. The number of carbonyl (C=O) groups is 2. The van der Waals surface area contributed by atoms with Crippen LogP contribution in [0, 0.1) is 6.92 Å². The number of aryl methyl sites for hydroxylation is 1. The first-order chi connectivity index (χ1) is 14.4. The second kappa shape index (κ2) is 9.85. The van der Waals surface area contributed by atoms with Gasteiger partial charge in [0.05, 0.1) is 24.0 Å². The van der Waals surface area contributed by atoms with E-state index in [-0.39, 0.29) is 11.8 Å². The fourth-order valence-corrected chi connectivity index (χ4v) is 3.92. The van der Waals surface area contributed by atoms with E-state index in [1.165, 1.54) is 0 Å². The minimum absolute atomic E-state index is 0.202. The Morgan fingerprint density at radius 1 is 1.13 bits per heavy atom. The zero-order valence-corrected chi connectivity index (χ0v) is 18.5. The number of rotatable bonds is 6. The Kier molecular flexibility index (Phi) is 7.21. The van der Waals surface area contributed by atoms with Crippen LogP contribution >= 0.6 is 11.6 Å². The summed E-state index contributed by atoms with van der Waals surface area (Å²) < 4.78 is 5.42.